The Morgan fingerprint density at radius 3 is 2.83 bits per heavy atom. The van der Waals surface area contributed by atoms with E-state index in [1.165, 1.54) is 0 Å². The predicted molar refractivity (Wildman–Crippen MR) is 73.2 cm³/mol. The second-order valence-electron chi connectivity index (χ2n) is 4.00. The first-order valence-electron chi connectivity index (χ1n) is 5.58. The van der Waals surface area contributed by atoms with Gasteiger partial charge in [-0.15, -0.1) is 0 Å². The number of Topliss-reactive ketones (excluding diaryl/α,β-unsaturated/α-hetero) is 1. The number of ether oxygens (including phenoxy) is 1. The molecule has 2 N–H and O–H groups in total. The molecule has 2 aromatic rings. The second-order valence-corrected chi connectivity index (χ2v) is 4.80. The number of carbonyl (C=O) groups is 1. The Bertz CT molecular complexity index is 604. The van der Waals surface area contributed by atoms with Crippen LogP contribution in [0.1, 0.15) is 22.5 Å². The van der Waals surface area contributed by atoms with Gasteiger partial charge in [0, 0.05) is 21.8 Å². The van der Waals surface area contributed by atoms with Crippen LogP contribution in [0.15, 0.2) is 21.0 Å². The van der Waals surface area contributed by atoms with Crippen LogP contribution in [0.3, 0.4) is 0 Å². The molecule has 0 aliphatic carbocycles. The van der Waals surface area contributed by atoms with E-state index in [0.717, 1.165) is 15.6 Å². The SMILES string of the molecule is COc1cc(C(=O)CCN)c(Br)c2cc(C)oc12. The van der Waals surface area contributed by atoms with Crippen molar-refractivity contribution in [2.75, 3.05) is 13.7 Å². The molecule has 0 amide bonds. The molecule has 5 heteroatoms. The van der Waals surface area contributed by atoms with Gasteiger partial charge in [0.15, 0.2) is 17.1 Å². The lowest BCUT2D eigenvalue weighted by Gasteiger charge is -2.07. The number of fused-ring (bicyclic) bond motifs is 1. The standard InChI is InChI=1S/C13H14BrNO3/c1-7-5-9-12(14)8(10(16)3-4-15)6-11(17-2)13(9)18-7/h5-6H,3-4,15H2,1-2H3. The topological polar surface area (TPSA) is 65.5 Å². The highest BCUT2D eigenvalue weighted by Crippen LogP contribution is 2.37. The maximum atomic E-state index is 12.0. The minimum absolute atomic E-state index is 0.0107. The average Bonchev–Trinajstić information content (AvgIpc) is 2.72. The normalized spacial score (nSPS) is 10.9. The van der Waals surface area contributed by atoms with E-state index < -0.39 is 0 Å². The molecular formula is C13H14BrNO3. The summed E-state index contributed by atoms with van der Waals surface area (Å²) < 4.78 is 11.6. The third kappa shape index (κ3) is 2.15. The van der Waals surface area contributed by atoms with Crippen molar-refractivity contribution in [2.45, 2.75) is 13.3 Å². The van der Waals surface area contributed by atoms with Crippen LogP contribution in [0.25, 0.3) is 11.0 Å². The first kappa shape index (κ1) is 13.1. The lowest BCUT2D eigenvalue weighted by Crippen LogP contribution is -2.09. The molecule has 0 fully saturated rings. The van der Waals surface area contributed by atoms with Crippen molar-refractivity contribution < 1.29 is 13.9 Å². The van der Waals surface area contributed by atoms with Gasteiger partial charge < -0.3 is 14.9 Å². The molecule has 1 heterocycles. The van der Waals surface area contributed by atoms with Crippen molar-refractivity contribution in [3.8, 4) is 5.75 Å². The summed E-state index contributed by atoms with van der Waals surface area (Å²) in [4.78, 5) is 12.0. The third-order valence-electron chi connectivity index (χ3n) is 2.72. The number of hydrogen-bond acceptors (Lipinski definition) is 4. The van der Waals surface area contributed by atoms with Gasteiger partial charge in [-0.1, -0.05) is 0 Å². The summed E-state index contributed by atoms with van der Waals surface area (Å²) in [5.74, 6) is 1.32. The van der Waals surface area contributed by atoms with E-state index in [2.05, 4.69) is 15.9 Å². The Morgan fingerprint density at radius 1 is 1.50 bits per heavy atom. The zero-order valence-corrected chi connectivity index (χ0v) is 11.8. The molecule has 96 valence electrons. The number of hydrogen-bond donors (Lipinski definition) is 1. The quantitative estimate of drug-likeness (QED) is 0.881. The number of aryl methyl sites for hydroxylation is 1. The summed E-state index contributed by atoms with van der Waals surface area (Å²) in [6.07, 6.45) is 0.310. The van der Waals surface area contributed by atoms with E-state index in [0.29, 0.717) is 29.9 Å². The van der Waals surface area contributed by atoms with E-state index in [1.807, 2.05) is 13.0 Å². The Labute approximate surface area is 113 Å². The highest BCUT2D eigenvalue weighted by molar-refractivity contribution is 9.10. The molecule has 0 bridgehead atoms. The van der Waals surface area contributed by atoms with Gasteiger partial charge >= 0.3 is 0 Å². The van der Waals surface area contributed by atoms with Crippen LogP contribution in [0.4, 0.5) is 0 Å². The van der Waals surface area contributed by atoms with Gasteiger partial charge in [-0.3, -0.25) is 4.79 Å². The average molecular weight is 312 g/mol. The fourth-order valence-electron chi connectivity index (χ4n) is 1.89. The molecule has 0 atom stereocenters. The zero-order valence-electron chi connectivity index (χ0n) is 10.2. The van der Waals surface area contributed by atoms with Crippen LogP contribution in [-0.4, -0.2) is 19.4 Å². The third-order valence-corrected chi connectivity index (χ3v) is 3.57. The molecule has 4 nitrogen and oxygen atoms in total. The van der Waals surface area contributed by atoms with E-state index in [4.69, 9.17) is 14.9 Å². The van der Waals surface area contributed by atoms with Crippen molar-refractivity contribution in [2.24, 2.45) is 5.73 Å². The van der Waals surface area contributed by atoms with Crippen molar-refractivity contribution in [3.63, 3.8) is 0 Å². The fourth-order valence-corrected chi connectivity index (χ4v) is 2.52. The first-order valence-corrected chi connectivity index (χ1v) is 6.37. The largest absolute Gasteiger partial charge is 0.493 e. The molecule has 0 spiro atoms. The van der Waals surface area contributed by atoms with Gasteiger partial charge in [0.05, 0.1) is 7.11 Å². The van der Waals surface area contributed by atoms with E-state index in [-0.39, 0.29) is 5.78 Å². The molecule has 0 saturated heterocycles. The molecular weight excluding hydrogens is 298 g/mol. The Hall–Kier alpha value is -1.33. The minimum atomic E-state index is -0.0107. The van der Waals surface area contributed by atoms with Gasteiger partial charge in [0.25, 0.3) is 0 Å². The van der Waals surface area contributed by atoms with Crippen LogP contribution in [0.5, 0.6) is 5.75 Å². The minimum Gasteiger partial charge on any atom is -0.493 e. The number of methoxy groups -OCH3 is 1. The Balaban J connectivity index is 2.68. The molecule has 0 aliphatic heterocycles. The number of nitrogens with two attached hydrogens (primary N) is 1. The highest BCUT2D eigenvalue weighted by atomic mass is 79.9. The molecule has 0 radical (unpaired) electrons. The maximum Gasteiger partial charge on any atom is 0.177 e. The smallest absolute Gasteiger partial charge is 0.177 e. The second kappa shape index (κ2) is 5.12. The molecule has 0 saturated carbocycles. The molecule has 0 aliphatic rings. The lowest BCUT2D eigenvalue weighted by molar-refractivity contribution is 0.0984. The van der Waals surface area contributed by atoms with Crippen LogP contribution < -0.4 is 10.5 Å². The first-order chi connectivity index (χ1) is 8.58. The summed E-state index contributed by atoms with van der Waals surface area (Å²) >= 11 is 3.45. The predicted octanol–water partition coefficient (Wildman–Crippen LogP) is 3.04. The fraction of sp³-hybridized carbons (Fsp3) is 0.308. The molecule has 1 aromatic carbocycles. The zero-order chi connectivity index (χ0) is 13.3. The van der Waals surface area contributed by atoms with Gasteiger partial charge in [-0.05, 0) is 41.5 Å². The van der Waals surface area contributed by atoms with Crippen LogP contribution in [-0.2, 0) is 0 Å². The van der Waals surface area contributed by atoms with Crippen molar-refractivity contribution in [1.82, 2.24) is 0 Å². The number of furan rings is 1. The number of halogens is 1. The molecule has 0 unspecified atom stereocenters. The summed E-state index contributed by atoms with van der Waals surface area (Å²) in [5, 5.41) is 0.840. The van der Waals surface area contributed by atoms with Crippen LogP contribution in [0.2, 0.25) is 0 Å². The monoisotopic (exact) mass is 311 g/mol. The van der Waals surface area contributed by atoms with Gasteiger partial charge in [-0.25, -0.2) is 0 Å². The molecule has 18 heavy (non-hydrogen) atoms. The Morgan fingerprint density at radius 2 is 2.22 bits per heavy atom. The number of carbonyl (C=O) groups excluding carboxylic acids is 1. The summed E-state index contributed by atoms with van der Waals surface area (Å²) in [5.41, 5.74) is 6.64. The highest BCUT2D eigenvalue weighted by Gasteiger charge is 2.18. The summed E-state index contributed by atoms with van der Waals surface area (Å²) in [6.45, 7) is 2.18. The van der Waals surface area contributed by atoms with E-state index in [1.54, 1.807) is 13.2 Å². The van der Waals surface area contributed by atoms with Crippen molar-refractivity contribution in [3.05, 3.63) is 27.9 Å². The lowest BCUT2D eigenvalue weighted by atomic mass is 10.1. The number of benzene rings is 1. The van der Waals surface area contributed by atoms with Gasteiger partial charge in [-0.2, -0.15) is 0 Å². The van der Waals surface area contributed by atoms with Crippen molar-refractivity contribution in [1.29, 1.82) is 0 Å². The van der Waals surface area contributed by atoms with Crippen LogP contribution >= 0.6 is 15.9 Å². The maximum absolute atomic E-state index is 12.0. The molecule has 1 aromatic heterocycles. The number of ketones is 1. The number of rotatable bonds is 4. The van der Waals surface area contributed by atoms with Crippen molar-refractivity contribution >= 4 is 32.7 Å². The Kier molecular flexibility index (Phi) is 3.73. The molecule has 2 rings (SSSR count). The van der Waals surface area contributed by atoms with Crippen LogP contribution in [0, 0.1) is 6.92 Å². The summed E-state index contributed by atoms with van der Waals surface area (Å²) in [6, 6.07) is 3.56. The van der Waals surface area contributed by atoms with E-state index in [9.17, 15) is 4.79 Å². The van der Waals surface area contributed by atoms with E-state index >= 15 is 0 Å². The van der Waals surface area contributed by atoms with Gasteiger partial charge in [0.1, 0.15) is 5.76 Å². The summed E-state index contributed by atoms with van der Waals surface area (Å²) in [7, 11) is 1.55. The van der Waals surface area contributed by atoms with Gasteiger partial charge in [0.2, 0.25) is 0 Å².